The molecule has 0 N–H and O–H groups in total. The van der Waals surface area contributed by atoms with Crippen LogP contribution in [0.15, 0.2) is 42.6 Å². The number of aryl methyl sites for hydroxylation is 1. The molecule has 4 rings (SSSR count). The van der Waals surface area contributed by atoms with Crippen molar-refractivity contribution in [1.82, 2.24) is 14.6 Å². The van der Waals surface area contributed by atoms with Gasteiger partial charge in [-0.3, -0.25) is 4.40 Å². The number of halogens is 4. The van der Waals surface area contributed by atoms with E-state index in [-0.39, 0.29) is 5.82 Å². The van der Waals surface area contributed by atoms with Crippen LogP contribution in [-0.4, -0.2) is 33.9 Å². The molecule has 0 saturated carbocycles. The van der Waals surface area contributed by atoms with Gasteiger partial charge in [0.15, 0.2) is 5.65 Å². The Hall–Kier alpha value is -2.64. The molecule has 0 amide bonds. The van der Waals surface area contributed by atoms with Crippen LogP contribution in [0, 0.1) is 6.92 Å². The second kappa shape index (κ2) is 6.76. The summed E-state index contributed by atoms with van der Waals surface area (Å²) in [4.78, 5) is 2.06. The summed E-state index contributed by atoms with van der Waals surface area (Å²) in [5, 5.41) is 7.65. The number of hydrogen-bond acceptors (Lipinski definition) is 3. The second-order valence-electron chi connectivity index (χ2n) is 7.25. The van der Waals surface area contributed by atoms with Gasteiger partial charge in [0.05, 0.1) is 0 Å². The molecule has 0 aliphatic carbocycles. The molecule has 1 aliphatic rings. The van der Waals surface area contributed by atoms with E-state index in [9.17, 15) is 13.2 Å². The first-order valence-electron chi connectivity index (χ1n) is 9.16. The summed E-state index contributed by atoms with van der Waals surface area (Å²) in [5.74, 6) is -0.136. The smallest absolute Gasteiger partial charge is 0.371 e. The van der Waals surface area contributed by atoms with E-state index in [2.05, 4.69) is 15.1 Å². The van der Waals surface area contributed by atoms with Crippen LogP contribution < -0.4 is 4.90 Å². The zero-order chi connectivity index (χ0) is 19.9. The van der Waals surface area contributed by atoms with Gasteiger partial charge in [0.25, 0.3) is 0 Å². The van der Waals surface area contributed by atoms with Gasteiger partial charge in [-0.25, -0.2) is 4.39 Å². The number of rotatable bonds is 3. The van der Waals surface area contributed by atoms with Crippen LogP contribution in [-0.2, 0) is 12.1 Å². The van der Waals surface area contributed by atoms with E-state index >= 15 is 4.39 Å². The van der Waals surface area contributed by atoms with Crippen molar-refractivity contribution in [2.45, 2.75) is 38.0 Å². The Labute approximate surface area is 159 Å². The third-order valence-electron chi connectivity index (χ3n) is 5.41. The van der Waals surface area contributed by atoms with Gasteiger partial charge in [-0.15, -0.1) is 10.2 Å². The number of nitrogens with zero attached hydrogens (tertiary/aromatic N) is 4. The van der Waals surface area contributed by atoms with Crippen LogP contribution in [0.25, 0.3) is 5.65 Å². The van der Waals surface area contributed by atoms with Gasteiger partial charge in [-0.05, 0) is 18.6 Å². The highest BCUT2D eigenvalue weighted by Crippen LogP contribution is 2.39. The highest BCUT2D eigenvalue weighted by Gasteiger charge is 2.37. The Kier molecular flexibility index (Phi) is 4.51. The maximum atomic E-state index is 15.3. The molecule has 1 aromatic carbocycles. The van der Waals surface area contributed by atoms with Crippen LogP contribution in [0.4, 0.5) is 23.2 Å². The topological polar surface area (TPSA) is 33.4 Å². The molecule has 0 unspecified atom stereocenters. The second-order valence-corrected chi connectivity index (χ2v) is 7.25. The van der Waals surface area contributed by atoms with Crippen molar-refractivity contribution in [1.29, 1.82) is 0 Å². The molecule has 3 heterocycles. The fourth-order valence-corrected chi connectivity index (χ4v) is 3.89. The van der Waals surface area contributed by atoms with Crippen molar-refractivity contribution in [3.63, 3.8) is 0 Å². The lowest BCUT2D eigenvalue weighted by Crippen LogP contribution is -2.40. The van der Waals surface area contributed by atoms with Gasteiger partial charge >= 0.3 is 6.18 Å². The van der Waals surface area contributed by atoms with Gasteiger partial charge in [0.2, 0.25) is 0 Å². The van der Waals surface area contributed by atoms with Crippen LogP contribution in [0.1, 0.15) is 29.8 Å². The lowest BCUT2D eigenvalue weighted by Gasteiger charge is -2.38. The Morgan fingerprint density at radius 3 is 2.36 bits per heavy atom. The van der Waals surface area contributed by atoms with Gasteiger partial charge in [0.1, 0.15) is 17.9 Å². The van der Waals surface area contributed by atoms with Crippen LogP contribution in [0.3, 0.4) is 0 Å². The molecule has 1 fully saturated rings. The first kappa shape index (κ1) is 18.7. The van der Waals surface area contributed by atoms with Crippen molar-refractivity contribution < 1.29 is 17.6 Å². The van der Waals surface area contributed by atoms with E-state index in [4.69, 9.17) is 0 Å². The van der Waals surface area contributed by atoms with Crippen LogP contribution in [0.5, 0.6) is 0 Å². The highest BCUT2D eigenvalue weighted by atomic mass is 19.4. The minimum absolute atomic E-state index is 0.136. The summed E-state index contributed by atoms with van der Waals surface area (Å²) in [6.45, 7) is 2.85. The molecule has 3 aromatic rings. The van der Waals surface area contributed by atoms with Crippen molar-refractivity contribution in [3.05, 3.63) is 59.5 Å². The standard InChI is InChI=1S/C20H20F4N4/c1-14-16(7-10-28-17(13-20(22,23)24)25-26-18(14)28)27-11-8-19(21,9-12-27)15-5-3-2-4-6-15/h2-7,10H,8-9,11-13H2,1H3. The highest BCUT2D eigenvalue weighted by molar-refractivity contribution is 5.65. The molecule has 0 radical (unpaired) electrons. The van der Waals surface area contributed by atoms with Crippen LogP contribution >= 0.6 is 0 Å². The van der Waals surface area contributed by atoms with Gasteiger partial charge in [-0.1, -0.05) is 30.3 Å². The number of benzene rings is 1. The van der Waals surface area contributed by atoms with Gasteiger partial charge < -0.3 is 4.90 Å². The number of alkyl halides is 4. The minimum Gasteiger partial charge on any atom is -0.371 e. The largest absolute Gasteiger partial charge is 0.396 e. The quantitative estimate of drug-likeness (QED) is 0.611. The van der Waals surface area contributed by atoms with Crippen molar-refractivity contribution in [3.8, 4) is 0 Å². The Morgan fingerprint density at radius 2 is 1.71 bits per heavy atom. The first-order valence-corrected chi connectivity index (χ1v) is 9.16. The molecule has 28 heavy (non-hydrogen) atoms. The minimum atomic E-state index is -4.34. The fraction of sp³-hybridized carbons (Fsp3) is 0.400. The van der Waals surface area contributed by atoms with Crippen molar-refractivity contribution in [2.75, 3.05) is 18.0 Å². The maximum Gasteiger partial charge on any atom is 0.396 e. The van der Waals surface area contributed by atoms with E-state index in [1.807, 2.05) is 37.3 Å². The molecule has 1 aliphatic heterocycles. The summed E-state index contributed by atoms with van der Waals surface area (Å²) in [7, 11) is 0. The summed E-state index contributed by atoms with van der Waals surface area (Å²) < 4.78 is 54.8. The molecule has 0 atom stereocenters. The predicted octanol–water partition coefficient (Wildman–Crippen LogP) is 4.61. The third-order valence-corrected chi connectivity index (χ3v) is 5.41. The number of anilines is 1. The van der Waals surface area contributed by atoms with E-state index in [1.54, 1.807) is 12.3 Å². The normalized spacial score (nSPS) is 17.2. The summed E-state index contributed by atoms with van der Waals surface area (Å²) in [6.07, 6.45) is -3.20. The Balaban J connectivity index is 1.57. The molecular formula is C20H20F4N4. The first-order chi connectivity index (χ1) is 13.3. The van der Waals surface area contributed by atoms with Gasteiger partial charge in [-0.2, -0.15) is 13.2 Å². The summed E-state index contributed by atoms with van der Waals surface area (Å²) in [5.41, 5.74) is 1.33. The van der Waals surface area contributed by atoms with Crippen molar-refractivity contribution >= 4 is 11.3 Å². The zero-order valence-corrected chi connectivity index (χ0v) is 15.4. The number of aromatic nitrogens is 3. The van der Waals surface area contributed by atoms with Crippen LogP contribution in [0.2, 0.25) is 0 Å². The number of pyridine rings is 1. The number of piperidine rings is 1. The molecule has 148 valence electrons. The van der Waals surface area contributed by atoms with E-state index in [1.165, 1.54) is 4.40 Å². The number of fused-ring (bicyclic) bond motifs is 1. The molecule has 0 bridgehead atoms. The molecular weight excluding hydrogens is 372 g/mol. The third kappa shape index (κ3) is 3.43. The Bertz CT molecular complexity index is 973. The molecule has 0 spiro atoms. The van der Waals surface area contributed by atoms with E-state index < -0.39 is 18.3 Å². The predicted molar refractivity (Wildman–Crippen MR) is 98.2 cm³/mol. The monoisotopic (exact) mass is 392 g/mol. The molecule has 1 saturated heterocycles. The average molecular weight is 392 g/mol. The average Bonchev–Trinajstić information content (AvgIpc) is 3.06. The molecule has 4 nitrogen and oxygen atoms in total. The lowest BCUT2D eigenvalue weighted by molar-refractivity contribution is -0.128. The molecule has 2 aromatic heterocycles. The number of hydrogen-bond donors (Lipinski definition) is 0. The van der Waals surface area contributed by atoms with Gasteiger partial charge in [0, 0.05) is 43.4 Å². The summed E-state index contributed by atoms with van der Waals surface area (Å²) in [6, 6.07) is 10.9. The SMILES string of the molecule is Cc1c(N2CCC(F)(c3ccccc3)CC2)ccn2c(CC(F)(F)F)nnc12. The van der Waals surface area contributed by atoms with Crippen molar-refractivity contribution in [2.24, 2.45) is 0 Å². The van der Waals surface area contributed by atoms with E-state index in [0.717, 1.165) is 11.3 Å². The molecule has 8 heteroatoms. The maximum absolute atomic E-state index is 15.3. The summed E-state index contributed by atoms with van der Waals surface area (Å²) >= 11 is 0. The Morgan fingerprint density at radius 1 is 1.04 bits per heavy atom. The fourth-order valence-electron chi connectivity index (χ4n) is 3.89. The zero-order valence-electron chi connectivity index (χ0n) is 15.4. The van der Waals surface area contributed by atoms with E-state index in [0.29, 0.717) is 37.1 Å². The lowest BCUT2D eigenvalue weighted by atomic mass is 9.86.